The van der Waals surface area contributed by atoms with Crippen molar-refractivity contribution in [3.63, 3.8) is 0 Å². The predicted molar refractivity (Wildman–Crippen MR) is 82.0 cm³/mol. The van der Waals surface area contributed by atoms with Crippen molar-refractivity contribution in [3.8, 4) is 12.1 Å². The fourth-order valence-electron chi connectivity index (χ4n) is 4.14. The number of aromatic nitrogens is 2. The summed E-state index contributed by atoms with van der Waals surface area (Å²) < 4.78 is 1.80. The number of hydrogen-bond donors (Lipinski definition) is 1. The maximum atomic E-state index is 9.81. The average Bonchev–Trinajstić information content (AvgIpc) is 3.13. The van der Waals surface area contributed by atoms with Gasteiger partial charge in [0.25, 0.3) is 0 Å². The molecule has 2 aliphatic rings. The number of nitrogens with two attached hydrogens (primary N) is 1. The monoisotopic (exact) mass is 289 g/mol. The van der Waals surface area contributed by atoms with E-state index in [1.54, 1.807) is 4.57 Å². The zero-order valence-electron chi connectivity index (χ0n) is 12.1. The summed E-state index contributed by atoms with van der Waals surface area (Å²) in [5.74, 6) is 0.714. The van der Waals surface area contributed by atoms with Crippen molar-refractivity contribution in [1.82, 2.24) is 9.55 Å². The van der Waals surface area contributed by atoms with E-state index in [-0.39, 0.29) is 0 Å². The highest BCUT2D eigenvalue weighted by atomic mass is 15.2. The third kappa shape index (κ3) is 1.38. The number of hydrogen-bond acceptors (Lipinski definition) is 4. The summed E-state index contributed by atoms with van der Waals surface area (Å²) in [6, 6.07) is 12.4. The molecule has 5 heteroatoms. The van der Waals surface area contributed by atoms with E-state index in [9.17, 15) is 10.5 Å². The molecule has 22 heavy (non-hydrogen) atoms. The second-order valence-corrected chi connectivity index (χ2v) is 6.09. The van der Waals surface area contributed by atoms with Crippen LogP contribution < -0.4 is 5.73 Å². The minimum absolute atomic E-state index is 0.413. The summed E-state index contributed by atoms with van der Waals surface area (Å²) >= 11 is 0. The van der Waals surface area contributed by atoms with Gasteiger partial charge in [-0.1, -0.05) is 25.0 Å². The summed E-state index contributed by atoms with van der Waals surface area (Å²) in [7, 11) is 0. The second kappa shape index (κ2) is 4.35. The first-order valence-electron chi connectivity index (χ1n) is 7.50. The molecule has 1 unspecified atom stereocenters. The molecule has 1 spiro atoms. The van der Waals surface area contributed by atoms with E-state index < -0.39 is 11.3 Å². The smallest absolute Gasteiger partial charge is 0.133 e. The lowest BCUT2D eigenvalue weighted by Gasteiger charge is -2.37. The molecule has 108 valence electrons. The molecule has 1 atom stereocenters. The van der Waals surface area contributed by atoms with Crippen molar-refractivity contribution in [2.24, 2.45) is 11.1 Å². The third-order valence-corrected chi connectivity index (χ3v) is 5.13. The molecule has 1 aromatic heterocycles. The van der Waals surface area contributed by atoms with Crippen molar-refractivity contribution >= 4 is 16.9 Å². The van der Waals surface area contributed by atoms with Gasteiger partial charge in [0.2, 0.25) is 0 Å². The normalized spacial score (nSPS) is 22.5. The molecule has 0 amide bonds. The van der Waals surface area contributed by atoms with Gasteiger partial charge in [0.1, 0.15) is 17.6 Å². The lowest BCUT2D eigenvalue weighted by atomic mass is 9.67. The highest BCUT2D eigenvalue weighted by Crippen LogP contribution is 2.56. The molecule has 2 N–H and O–H groups in total. The number of benzene rings is 1. The minimum atomic E-state index is -0.453. The van der Waals surface area contributed by atoms with Gasteiger partial charge in [-0.15, -0.1) is 0 Å². The van der Waals surface area contributed by atoms with E-state index >= 15 is 0 Å². The van der Waals surface area contributed by atoms with Crippen LogP contribution in [0, 0.1) is 28.1 Å². The molecule has 4 rings (SSSR count). The Morgan fingerprint density at radius 1 is 1.23 bits per heavy atom. The summed E-state index contributed by atoms with van der Waals surface area (Å²) in [6.45, 7) is 0. The Bertz CT molecular complexity index is 884. The Morgan fingerprint density at radius 2 is 1.95 bits per heavy atom. The van der Waals surface area contributed by atoms with Gasteiger partial charge in [-0.2, -0.15) is 10.5 Å². The zero-order valence-corrected chi connectivity index (χ0v) is 12.1. The zero-order chi connectivity index (χ0) is 15.3. The second-order valence-electron chi connectivity index (χ2n) is 6.09. The summed E-state index contributed by atoms with van der Waals surface area (Å²) in [6.07, 6.45) is 3.71. The molecule has 5 nitrogen and oxygen atoms in total. The van der Waals surface area contributed by atoms with Gasteiger partial charge in [-0.25, -0.2) is 4.98 Å². The number of imidazole rings is 1. The summed E-state index contributed by atoms with van der Waals surface area (Å²) in [5.41, 5.74) is 8.13. The average molecular weight is 289 g/mol. The van der Waals surface area contributed by atoms with Crippen molar-refractivity contribution in [2.45, 2.75) is 31.6 Å². The third-order valence-electron chi connectivity index (χ3n) is 5.13. The Labute approximate surface area is 128 Å². The summed E-state index contributed by atoms with van der Waals surface area (Å²) in [4.78, 5) is 4.66. The van der Waals surface area contributed by atoms with Crippen molar-refractivity contribution < 1.29 is 0 Å². The number of allylic oxidation sites excluding steroid dienone is 1. The Balaban J connectivity index is 2.11. The van der Waals surface area contributed by atoms with Crippen LogP contribution in [0.5, 0.6) is 0 Å². The van der Waals surface area contributed by atoms with Crippen molar-refractivity contribution in [2.75, 3.05) is 0 Å². The number of para-hydroxylation sites is 2. The van der Waals surface area contributed by atoms with Gasteiger partial charge >= 0.3 is 0 Å². The molecule has 1 aromatic carbocycles. The van der Waals surface area contributed by atoms with Gasteiger partial charge in [-0.3, -0.25) is 4.57 Å². The first-order valence-corrected chi connectivity index (χ1v) is 7.50. The van der Waals surface area contributed by atoms with Crippen molar-refractivity contribution in [3.05, 3.63) is 35.7 Å². The van der Waals surface area contributed by atoms with Gasteiger partial charge < -0.3 is 5.73 Å². The van der Waals surface area contributed by atoms with Crippen LogP contribution >= 0.6 is 0 Å². The SMILES string of the molecule is N#CC1=C(N)n2c(nc3ccccc32)C(C#N)C12CCCC2. The maximum absolute atomic E-state index is 9.81. The Kier molecular flexibility index (Phi) is 2.55. The highest BCUT2D eigenvalue weighted by molar-refractivity contribution is 5.82. The molecular weight excluding hydrogens is 274 g/mol. The molecule has 1 saturated carbocycles. The fraction of sp³-hybridized carbons (Fsp3) is 0.353. The Hall–Kier alpha value is -2.79. The van der Waals surface area contributed by atoms with E-state index in [2.05, 4.69) is 17.1 Å². The molecule has 1 fully saturated rings. The molecule has 0 bridgehead atoms. The van der Waals surface area contributed by atoms with E-state index in [4.69, 9.17) is 5.73 Å². The number of fused-ring (bicyclic) bond motifs is 3. The van der Waals surface area contributed by atoms with Crippen LogP contribution in [0.4, 0.5) is 0 Å². The molecule has 1 aliphatic carbocycles. The van der Waals surface area contributed by atoms with Gasteiger partial charge in [0, 0.05) is 5.41 Å². The van der Waals surface area contributed by atoms with Crippen LogP contribution in [-0.4, -0.2) is 9.55 Å². The van der Waals surface area contributed by atoms with E-state index in [0.717, 1.165) is 36.7 Å². The molecule has 2 aromatic rings. The van der Waals surface area contributed by atoms with Crippen LogP contribution in [0.25, 0.3) is 16.9 Å². The van der Waals surface area contributed by atoms with E-state index in [1.807, 2.05) is 24.3 Å². The predicted octanol–water partition coefficient (Wildman–Crippen LogP) is 2.87. The van der Waals surface area contributed by atoms with Gasteiger partial charge in [0.05, 0.1) is 28.7 Å². The lowest BCUT2D eigenvalue weighted by Crippen LogP contribution is -2.36. The van der Waals surface area contributed by atoms with Gasteiger partial charge in [0.15, 0.2) is 0 Å². The number of nitrogens with zero attached hydrogens (tertiary/aromatic N) is 4. The molecule has 1 aliphatic heterocycles. The number of nitriles is 2. The molecule has 2 heterocycles. The summed E-state index contributed by atoms with van der Waals surface area (Å²) in [5, 5.41) is 19.5. The first-order chi connectivity index (χ1) is 10.7. The standard InChI is InChI=1S/C17H15N5/c18-9-11-15(20)22-14-6-2-1-5-13(14)21-16(22)12(10-19)17(11)7-3-4-8-17/h1-2,5-6,12H,3-4,7-8,20H2. The molecular formula is C17H15N5. The lowest BCUT2D eigenvalue weighted by molar-refractivity contribution is 0.321. The molecule has 0 radical (unpaired) electrons. The molecule has 0 saturated heterocycles. The highest BCUT2D eigenvalue weighted by Gasteiger charge is 2.51. The van der Waals surface area contributed by atoms with E-state index in [1.165, 1.54) is 0 Å². The van der Waals surface area contributed by atoms with Gasteiger partial charge in [-0.05, 0) is 25.0 Å². The Morgan fingerprint density at radius 3 is 2.64 bits per heavy atom. The van der Waals surface area contributed by atoms with E-state index in [0.29, 0.717) is 17.2 Å². The van der Waals surface area contributed by atoms with Crippen LogP contribution in [0.2, 0.25) is 0 Å². The quantitative estimate of drug-likeness (QED) is 0.807. The van der Waals surface area contributed by atoms with Crippen LogP contribution in [0.15, 0.2) is 29.8 Å². The first kappa shape index (κ1) is 12.9. The largest absolute Gasteiger partial charge is 0.384 e. The number of rotatable bonds is 0. The van der Waals surface area contributed by atoms with Crippen LogP contribution in [0.3, 0.4) is 0 Å². The fourth-order valence-corrected chi connectivity index (χ4v) is 4.14. The maximum Gasteiger partial charge on any atom is 0.133 e. The van der Waals surface area contributed by atoms with Crippen LogP contribution in [0.1, 0.15) is 37.4 Å². The van der Waals surface area contributed by atoms with Crippen LogP contribution in [-0.2, 0) is 0 Å². The van der Waals surface area contributed by atoms with Crippen molar-refractivity contribution in [1.29, 1.82) is 10.5 Å². The topological polar surface area (TPSA) is 91.4 Å². The minimum Gasteiger partial charge on any atom is -0.384 e.